The summed E-state index contributed by atoms with van der Waals surface area (Å²) in [5, 5.41) is 28.7. The molecule has 2 heterocycles. The molecule has 1 fully saturated rings. The van der Waals surface area contributed by atoms with Gasteiger partial charge in [0, 0.05) is 17.9 Å². The molecule has 2 N–H and O–H groups in total. The summed E-state index contributed by atoms with van der Waals surface area (Å²) in [5.74, 6) is 1.88. The van der Waals surface area contributed by atoms with Crippen LogP contribution in [0.3, 0.4) is 0 Å². The lowest BCUT2D eigenvalue weighted by Crippen LogP contribution is -2.22. The average Bonchev–Trinajstić information content (AvgIpc) is 3.60. The molecule has 0 saturated heterocycles. The minimum absolute atomic E-state index is 0.236. The number of unbranched alkanes of at least 4 members (excludes halogenated alkanes) is 2. The number of nitrogens with zero attached hydrogens (tertiary/aromatic N) is 6. The van der Waals surface area contributed by atoms with Crippen LogP contribution in [0.25, 0.3) is 22.5 Å². The van der Waals surface area contributed by atoms with E-state index in [0.717, 1.165) is 66.0 Å². The summed E-state index contributed by atoms with van der Waals surface area (Å²) >= 11 is 0. The average molecular weight is 500 g/mol. The van der Waals surface area contributed by atoms with Crippen molar-refractivity contribution in [2.24, 2.45) is 5.92 Å². The second kappa shape index (κ2) is 11.5. The molecule has 4 aromatic rings. The molecule has 2 aromatic carbocycles. The Hall–Kier alpha value is -3.88. The molecular formula is C28H33N7O2. The van der Waals surface area contributed by atoms with Gasteiger partial charge in [-0.1, -0.05) is 68.3 Å². The molecule has 1 aliphatic carbocycles. The van der Waals surface area contributed by atoms with E-state index in [2.05, 4.69) is 62.6 Å². The van der Waals surface area contributed by atoms with Crippen LogP contribution >= 0.6 is 0 Å². The first-order valence-electron chi connectivity index (χ1n) is 13.2. The van der Waals surface area contributed by atoms with E-state index < -0.39 is 5.97 Å². The third kappa shape index (κ3) is 5.76. The highest BCUT2D eigenvalue weighted by Gasteiger charge is 2.30. The van der Waals surface area contributed by atoms with Crippen LogP contribution in [0.1, 0.15) is 75.0 Å². The van der Waals surface area contributed by atoms with Crippen molar-refractivity contribution < 1.29 is 9.90 Å². The highest BCUT2D eigenvalue weighted by atomic mass is 16.4. The molecule has 0 unspecified atom stereocenters. The number of rotatable bonds is 10. The fourth-order valence-electron chi connectivity index (χ4n) is 5.24. The van der Waals surface area contributed by atoms with Gasteiger partial charge in [0.1, 0.15) is 5.82 Å². The molecule has 0 bridgehead atoms. The van der Waals surface area contributed by atoms with Crippen LogP contribution in [0.15, 0.2) is 48.5 Å². The Morgan fingerprint density at radius 2 is 1.78 bits per heavy atom. The summed E-state index contributed by atoms with van der Waals surface area (Å²) in [6, 6.07) is 16.6. The summed E-state index contributed by atoms with van der Waals surface area (Å²) in [4.78, 5) is 16.4. The van der Waals surface area contributed by atoms with Gasteiger partial charge in [0.2, 0.25) is 0 Å². The van der Waals surface area contributed by atoms with Crippen LogP contribution < -0.4 is 0 Å². The maximum atomic E-state index is 11.4. The number of benzene rings is 2. The third-order valence-corrected chi connectivity index (χ3v) is 7.31. The minimum Gasteiger partial charge on any atom is -0.481 e. The van der Waals surface area contributed by atoms with E-state index in [1.165, 1.54) is 6.42 Å². The van der Waals surface area contributed by atoms with Gasteiger partial charge in [-0.3, -0.25) is 4.79 Å². The third-order valence-electron chi connectivity index (χ3n) is 7.31. The minimum atomic E-state index is -0.679. The van der Waals surface area contributed by atoms with Gasteiger partial charge < -0.3 is 5.11 Å². The van der Waals surface area contributed by atoms with Crippen molar-refractivity contribution in [3.8, 4) is 22.5 Å². The van der Waals surface area contributed by atoms with E-state index in [9.17, 15) is 9.90 Å². The molecule has 0 spiro atoms. The molecule has 0 amide bonds. The van der Waals surface area contributed by atoms with Crippen molar-refractivity contribution in [2.75, 3.05) is 0 Å². The van der Waals surface area contributed by atoms with E-state index in [1.807, 2.05) is 18.2 Å². The Morgan fingerprint density at radius 3 is 2.46 bits per heavy atom. The first kappa shape index (κ1) is 24.8. The molecule has 1 aliphatic rings. The van der Waals surface area contributed by atoms with E-state index >= 15 is 0 Å². The molecule has 0 radical (unpaired) electrons. The number of carbonyl (C=O) groups is 1. The number of carboxylic acids is 1. The van der Waals surface area contributed by atoms with Crippen molar-refractivity contribution in [3.05, 3.63) is 65.7 Å². The first-order valence-corrected chi connectivity index (χ1v) is 13.2. The van der Waals surface area contributed by atoms with E-state index in [1.54, 1.807) is 0 Å². The van der Waals surface area contributed by atoms with Crippen molar-refractivity contribution in [2.45, 2.75) is 70.8 Å². The maximum Gasteiger partial charge on any atom is 0.306 e. The second-order valence-electron chi connectivity index (χ2n) is 9.88. The molecule has 1 saturated carbocycles. The zero-order chi connectivity index (χ0) is 25.6. The number of nitrogens with one attached hydrogen (secondary N) is 1. The van der Waals surface area contributed by atoms with Crippen molar-refractivity contribution in [3.63, 3.8) is 0 Å². The number of H-pyrrole nitrogens is 1. The lowest BCUT2D eigenvalue weighted by Gasteiger charge is -2.25. The van der Waals surface area contributed by atoms with Crippen LogP contribution in [0.4, 0.5) is 0 Å². The number of aryl methyl sites for hydroxylation is 1. The van der Waals surface area contributed by atoms with Crippen LogP contribution in [-0.4, -0.2) is 46.5 Å². The largest absolute Gasteiger partial charge is 0.481 e. The summed E-state index contributed by atoms with van der Waals surface area (Å²) in [5.41, 5.74) is 4.24. The van der Waals surface area contributed by atoms with Crippen LogP contribution in [0.2, 0.25) is 0 Å². The summed E-state index contributed by atoms with van der Waals surface area (Å²) in [6.07, 6.45) is 7.38. The predicted molar refractivity (Wildman–Crippen MR) is 140 cm³/mol. The number of aromatic amines is 1. The molecular weight excluding hydrogens is 466 g/mol. The topological polar surface area (TPSA) is 122 Å². The van der Waals surface area contributed by atoms with Crippen LogP contribution in [0, 0.1) is 5.92 Å². The number of carboxylic acid groups (broad SMARTS) is 1. The van der Waals surface area contributed by atoms with E-state index in [4.69, 9.17) is 10.1 Å². The van der Waals surface area contributed by atoms with Gasteiger partial charge in [0.15, 0.2) is 11.6 Å². The molecule has 9 heteroatoms. The number of aromatic nitrogens is 7. The van der Waals surface area contributed by atoms with Crippen molar-refractivity contribution >= 4 is 5.97 Å². The Kier molecular flexibility index (Phi) is 7.67. The molecule has 5 rings (SSSR count). The lowest BCUT2D eigenvalue weighted by atomic mass is 9.81. The van der Waals surface area contributed by atoms with Gasteiger partial charge in [-0.2, -0.15) is 5.10 Å². The molecule has 37 heavy (non-hydrogen) atoms. The molecule has 0 atom stereocenters. The van der Waals surface area contributed by atoms with Crippen LogP contribution in [0.5, 0.6) is 0 Å². The number of tetrazole rings is 1. The number of hydrogen-bond donors (Lipinski definition) is 2. The summed E-state index contributed by atoms with van der Waals surface area (Å²) in [6.45, 7) is 2.84. The zero-order valence-corrected chi connectivity index (χ0v) is 21.2. The quantitative estimate of drug-likeness (QED) is 0.285. The second-order valence-corrected chi connectivity index (χ2v) is 9.88. The Balaban J connectivity index is 1.36. The molecule has 192 valence electrons. The van der Waals surface area contributed by atoms with Gasteiger partial charge in [-0.25, -0.2) is 14.8 Å². The Bertz CT molecular complexity index is 1310. The molecule has 0 aliphatic heterocycles. The van der Waals surface area contributed by atoms with Crippen molar-refractivity contribution in [1.29, 1.82) is 0 Å². The Labute approximate surface area is 216 Å². The van der Waals surface area contributed by atoms with Gasteiger partial charge in [0.05, 0.1) is 12.5 Å². The van der Waals surface area contributed by atoms with Gasteiger partial charge in [0.25, 0.3) is 0 Å². The zero-order valence-electron chi connectivity index (χ0n) is 21.2. The standard InChI is InChI=1S/C28H33N7O2/c1-2-3-4-9-25-29-27(21-14-16-22(17-15-21)28(36)37)35(32-25)18-19-10-12-20(13-11-19)23-7-5-6-8-24(23)26-30-33-34-31-26/h5-8,10-13,21-22H,2-4,9,14-18H2,1H3,(H,36,37)(H,30,31,33,34). The number of hydrogen-bond acceptors (Lipinski definition) is 6. The highest BCUT2D eigenvalue weighted by molar-refractivity contribution is 5.80. The van der Waals surface area contributed by atoms with Gasteiger partial charge in [-0.05, 0) is 59.2 Å². The van der Waals surface area contributed by atoms with E-state index in [-0.39, 0.29) is 11.8 Å². The lowest BCUT2D eigenvalue weighted by molar-refractivity contribution is -0.142. The van der Waals surface area contributed by atoms with Crippen LogP contribution in [-0.2, 0) is 17.8 Å². The Morgan fingerprint density at radius 1 is 1.03 bits per heavy atom. The molecule has 2 aromatic heterocycles. The van der Waals surface area contributed by atoms with Gasteiger partial charge >= 0.3 is 5.97 Å². The monoisotopic (exact) mass is 499 g/mol. The smallest absolute Gasteiger partial charge is 0.306 e. The maximum absolute atomic E-state index is 11.4. The SMILES string of the molecule is CCCCCc1nc(C2CCC(C(=O)O)CC2)n(Cc2ccc(-c3ccccc3-c3nnn[nH]3)cc2)n1. The first-order chi connectivity index (χ1) is 18.1. The molecule has 9 nitrogen and oxygen atoms in total. The van der Waals surface area contributed by atoms with Gasteiger partial charge in [-0.15, -0.1) is 5.10 Å². The van der Waals surface area contributed by atoms with E-state index in [0.29, 0.717) is 25.2 Å². The van der Waals surface area contributed by atoms with Crippen molar-refractivity contribution in [1.82, 2.24) is 35.4 Å². The summed E-state index contributed by atoms with van der Waals surface area (Å²) < 4.78 is 2.05. The fourth-order valence-corrected chi connectivity index (χ4v) is 5.24. The fraction of sp³-hybridized carbons (Fsp3) is 0.429. The normalized spacial score (nSPS) is 17.6. The highest BCUT2D eigenvalue weighted by Crippen LogP contribution is 2.36. The predicted octanol–water partition coefficient (Wildman–Crippen LogP) is 5.26. The summed E-state index contributed by atoms with van der Waals surface area (Å²) in [7, 11) is 0. The number of aliphatic carboxylic acids is 1.